The summed E-state index contributed by atoms with van der Waals surface area (Å²) < 4.78 is 81.0. The average molecular weight is 733 g/mol. The highest BCUT2D eigenvalue weighted by Crippen LogP contribution is 2.38. The van der Waals surface area contributed by atoms with Crippen molar-refractivity contribution in [1.29, 1.82) is 0 Å². The van der Waals surface area contributed by atoms with Gasteiger partial charge in [-0.05, 0) is 76.8 Å². The van der Waals surface area contributed by atoms with Crippen LogP contribution in [0.2, 0.25) is 0 Å². The lowest BCUT2D eigenvalue weighted by atomic mass is 9.99. The van der Waals surface area contributed by atoms with Gasteiger partial charge in [0, 0.05) is 37.8 Å². The molecule has 1 aliphatic rings. The molecule has 5 rings (SSSR count). The Kier molecular flexibility index (Phi) is 10.5. The SMILES string of the molecule is CC(C)c1nccc(CCC(F)(F)CO)c1-n1c(=O)nc(N2C[C@H](C)N(C(=O)OC(C)(C)C)C[C@H]2C)c2cc(F)c(-c3c(O)ccc(F)c3F)nc21. The number of fused-ring (bicyclic) bond motifs is 1. The fourth-order valence-electron chi connectivity index (χ4n) is 6.25. The van der Waals surface area contributed by atoms with E-state index in [0.717, 1.165) is 16.7 Å². The summed E-state index contributed by atoms with van der Waals surface area (Å²) in [5, 5.41) is 19.7. The van der Waals surface area contributed by atoms with E-state index in [1.807, 2.05) is 0 Å². The molecule has 0 bridgehead atoms. The molecule has 0 radical (unpaired) electrons. The minimum absolute atomic E-state index is 0.0189. The second-order valence-corrected chi connectivity index (χ2v) is 14.4. The van der Waals surface area contributed by atoms with Crippen molar-refractivity contribution in [1.82, 2.24) is 24.4 Å². The number of carbonyl (C=O) groups excluding carboxylic acids is 1. The number of alkyl halides is 2. The predicted molar refractivity (Wildman–Crippen MR) is 184 cm³/mol. The number of aliphatic hydroxyl groups excluding tert-OH is 1. The first-order valence-corrected chi connectivity index (χ1v) is 16.8. The molecule has 11 nitrogen and oxygen atoms in total. The molecule has 16 heteroatoms. The maximum atomic E-state index is 16.2. The van der Waals surface area contributed by atoms with Crippen LogP contribution >= 0.6 is 0 Å². The van der Waals surface area contributed by atoms with E-state index in [0.29, 0.717) is 6.07 Å². The number of aliphatic hydroxyl groups is 1. The molecule has 0 unspecified atom stereocenters. The van der Waals surface area contributed by atoms with Crippen molar-refractivity contribution in [3.05, 3.63) is 69.7 Å². The number of anilines is 1. The first-order chi connectivity index (χ1) is 24.2. The number of phenolic OH excluding ortho intramolecular Hbond substituents is 1. The molecule has 3 aromatic heterocycles. The molecule has 0 aliphatic carbocycles. The Morgan fingerprint density at radius 3 is 2.37 bits per heavy atom. The van der Waals surface area contributed by atoms with Crippen molar-refractivity contribution >= 4 is 22.9 Å². The van der Waals surface area contributed by atoms with E-state index in [2.05, 4.69) is 15.0 Å². The Bertz CT molecular complexity index is 2070. The van der Waals surface area contributed by atoms with Crippen LogP contribution in [0.4, 0.5) is 32.6 Å². The number of nitrogens with zero attached hydrogens (tertiary/aromatic N) is 6. The zero-order valence-electron chi connectivity index (χ0n) is 29.8. The Hall–Kier alpha value is -4.86. The average Bonchev–Trinajstić information content (AvgIpc) is 3.06. The van der Waals surface area contributed by atoms with Gasteiger partial charge in [-0.3, -0.25) is 4.98 Å². The van der Waals surface area contributed by atoms with Crippen LogP contribution in [0.15, 0.2) is 35.3 Å². The number of aromatic hydroxyl groups is 1. The number of halogens is 5. The lowest BCUT2D eigenvalue weighted by Gasteiger charge is -2.44. The maximum Gasteiger partial charge on any atom is 0.410 e. The first-order valence-electron chi connectivity index (χ1n) is 16.8. The van der Waals surface area contributed by atoms with E-state index >= 15 is 8.78 Å². The smallest absolute Gasteiger partial charge is 0.410 e. The van der Waals surface area contributed by atoms with Crippen molar-refractivity contribution in [2.75, 3.05) is 24.6 Å². The lowest BCUT2D eigenvalue weighted by molar-refractivity contribution is -0.0558. The van der Waals surface area contributed by atoms with E-state index in [1.54, 1.807) is 53.4 Å². The number of rotatable bonds is 8. The topological polar surface area (TPSA) is 134 Å². The molecule has 2 N–H and O–H groups in total. The van der Waals surface area contributed by atoms with Crippen LogP contribution in [0.25, 0.3) is 28.0 Å². The third-order valence-corrected chi connectivity index (χ3v) is 8.80. The molecule has 0 saturated carbocycles. The van der Waals surface area contributed by atoms with Gasteiger partial charge in [-0.15, -0.1) is 0 Å². The lowest BCUT2D eigenvalue weighted by Crippen LogP contribution is -2.59. The predicted octanol–water partition coefficient (Wildman–Crippen LogP) is 6.48. The minimum atomic E-state index is -3.46. The van der Waals surface area contributed by atoms with Crippen molar-refractivity contribution in [2.24, 2.45) is 0 Å². The van der Waals surface area contributed by atoms with E-state index < -0.39 is 88.8 Å². The Labute approximate surface area is 296 Å². The number of amides is 1. The quantitative estimate of drug-likeness (QED) is 0.195. The van der Waals surface area contributed by atoms with Crippen LogP contribution in [0.5, 0.6) is 5.75 Å². The fraction of sp³-hybridized carbons (Fsp3) is 0.472. The van der Waals surface area contributed by atoms with E-state index in [1.165, 1.54) is 17.2 Å². The summed E-state index contributed by atoms with van der Waals surface area (Å²) in [6.07, 6.45) is -0.309. The monoisotopic (exact) mass is 732 g/mol. The second-order valence-electron chi connectivity index (χ2n) is 14.4. The molecule has 0 spiro atoms. The number of aryl methyl sites for hydroxylation is 1. The van der Waals surface area contributed by atoms with Gasteiger partial charge in [0.25, 0.3) is 5.92 Å². The highest BCUT2D eigenvalue weighted by molar-refractivity contribution is 5.91. The number of ether oxygens (including phenoxy) is 1. The van der Waals surface area contributed by atoms with Gasteiger partial charge in [-0.25, -0.2) is 41.1 Å². The van der Waals surface area contributed by atoms with Crippen LogP contribution in [-0.2, 0) is 11.2 Å². The summed E-state index contributed by atoms with van der Waals surface area (Å²) in [7, 11) is 0. The summed E-state index contributed by atoms with van der Waals surface area (Å²) >= 11 is 0. The van der Waals surface area contributed by atoms with Crippen molar-refractivity contribution in [3.63, 3.8) is 0 Å². The van der Waals surface area contributed by atoms with Crippen molar-refractivity contribution in [3.8, 4) is 22.7 Å². The zero-order chi connectivity index (χ0) is 38.4. The van der Waals surface area contributed by atoms with Crippen molar-refractivity contribution < 1.29 is 41.7 Å². The van der Waals surface area contributed by atoms with Gasteiger partial charge < -0.3 is 24.7 Å². The third kappa shape index (κ3) is 7.52. The molecule has 1 saturated heterocycles. The van der Waals surface area contributed by atoms with Gasteiger partial charge in [-0.2, -0.15) is 4.98 Å². The number of phenols is 1. The fourth-order valence-corrected chi connectivity index (χ4v) is 6.25. The molecule has 1 aromatic carbocycles. The second kappa shape index (κ2) is 14.3. The van der Waals surface area contributed by atoms with Crippen LogP contribution in [0, 0.1) is 17.5 Å². The summed E-state index contributed by atoms with van der Waals surface area (Å²) in [4.78, 5) is 43.7. The van der Waals surface area contributed by atoms with Gasteiger partial charge in [0.2, 0.25) is 0 Å². The number of benzene rings is 1. The molecule has 4 heterocycles. The Morgan fingerprint density at radius 2 is 1.73 bits per heavy atom. The number of carbonyl (C=O) groups is 1. The minimum Gasteiger partial charge on any atom is -0.507 e. The molecule has 1 fully saturated rings. The summed E-state index contributed by atoms with van der Waals surface area (Å²) in [6.45, 7) is 11.1. The Morgan fingerprint density at radius 1 is 1.04 bits per heavy atom. The number of hydrogen-bond donors (Lipinski definition) is 2. The standard InChI is InChI=1S/C36H41F5N6O5/c1-18(2)28-30(21(11-13-42-28)10-12-36(40,41)17-48)47-32-22(14-24(38)29(43-32)26-25(49)9-8-23(37)27(26)39)31(44-33(47)50)45-15-20(4)46(16-19(45)3)34(51)52-35(5,6)7/h8-9,11,13-14,18-20,48-49H,10,12,15-17H2,1-7H3/t19-,20+/m1/s1. The first kappa shape index (κ1) is 38.4. The number of hydrogen-bond acceptors (Lipinski definition) is 9. The molecule has 1 amide bonds. The van der Waals surface area contributed by atoms with Crippen LogP contribution in [-0.4, -0.2) is 84.0 Å². The number of aromatic nitrogens is 4. The van der Waals surface area contributed by atoms with Gasteiger partial charge in [0.1, 0.15) is 29.5 Å². The van der Waals surface area contributed by atoms with Crippen LogP contribution < -0.4 is 10.6 Å². The van der Waals surface area contributed by atoms with Gasteiger partial charge in [0.15, 0.2) is 23.1 Å². The molecular formula is C36H41F5N6O5. The molecular weight excluding hydrogens is 691 g/mol. The van der Waals surface area contributed by atoms with Crippen LogP contribution in [0.3, 0.4) is 0 Å². The van der Waals surface area contributed by atoms with Crippen LogP contribution in [0.1, 0.15) is 72.1 Å². The molecule has 4 aromatic rings. The summed E-state index contributed by atoms with van der Waals surface area (Å²) in [6, 6.07) is 2.85. The Balaban J connectivity index is 1.80. The molecule has 52 heavy (non-hydrogen) atoms. The number of piperazine rings is 1. The van der Waals surface area contributed by atoms with E-state index in [-0.39, 0.29) is 53.3 Å². The largest absolute Gasteiger partial charge is 0.507 e. The maximum absolute atomic E-state index is 16.2. The van der Waals surface area contributed by atoms with E-state index in [4.69, 9.17) is 4.74 Å². The number of pyridine rings is 2. The van der Waals surface area contributed by atoms with Gasteiger partial charge in [-0.1, -0.05) is 13.8 Å². The molecule has 280 valence electrons. The van der Waals surface area contributed by atoms with E-state index in [9.17, 15) is 33.0 Å². The summed E-state index contributed by atoms with van der Waals surface area (Å²) in [5.41, 5.74) is -3.29. The molecule has 1 aliphatic heterocycles. The molecule has 2 atom stereocenters. The van der Waals surface area contributed by atoms with Crippen molar-refractivity contribution in [2.45, 2.75) is 90.8 Å². The third-order valence-electron chi connectivity index (χ3n) is 8.80. The van der Waals surface area contributed by atoms with Gasteiger partial charge in [0.05, 0.1) is 22.3 Å². The highest BCUT2D eigenvalue weighted by atomic mass is 19.3. The normalized spacial score (nSPS) is 17.0. The summed E-state index contributed by atoms with van der Waals surface area (Å²) in [5.74, 6) is -8.90. The highest BCUT2D eigenvalue weighted by Gasteiger charge is 2.37. The zero-order valence-corrected chi connectivity index (χ0v) is 29.8. The van der Waals surface area contributed by atoms with Gasteiger partial charge >= 0.3 is 11.8 Å².